The summed E-state index contributed by atoms with van der Waals surface area (Å²) in [6, 6.07) is 13.2. The van der Waals surface area contributed by atoms with Gasteiger partial charge in [0.25, 0.3) is 0 Å². The predicted molar refractivity (Wildman–Crippen MR) is 141 cm³/mol. The number of benzene rings is 2. The fourth-order valence-electron chi connectivity index (χ4n) is 3.68. The van der Waals surface area contributed by atoms with Crippen molar-refractivity contribution >= 4 is 45.7 Å². The van der Waals surface area contributed by atoms with Gasteiger partial charge in [-0.3, -0.25) is 0 Å². The van der Waals surface area contributed by atoms with Gasteiger partial charge in [-0.15, -0.1) is 0 Å². The molecule has 0 unspecified atom stereocenters. The van der Waals surface area contributed by atoms with Crippen LogP contribution in [-0.2, 0) is 19.1 Å². The monoisotopic (exact) mass is 546 g/mol. The number of amides is 2. The molecule has 2 aromatic rings. The van der Waals surface area contributed by atoms with E-state index in [4.69, 9.17) is 9.47 Å². The van der Waals surface area contributed by atoms with Crippen LogP contribution in [-0.4, -0.2) is 71.1 Å². The van der Waals surface area contributed by atoms with E-state index in [-0.39, 0.29) is 30.6 Å². The molecule has 2 aromatic carbocycles. The summed E-state index contributed by atoms with van der Waals surface area (Å²) in [6.45, 7) is 3.37. The van der Waals surface area contributed by atoms with Crippen molar-refractivity contribution in [2.75, 3.05) is 24.7 Å². The minimum absolute atomic E-state index is 0.0437. The van der Waals surface area contributed by atoms with Crippen LogP contribution in [0.3, 0.4) is 0 Å². The number of nitrogens with one attached hydrogen (secondary N) is 2. The first-order chi connectivity index (χ1) is 17.8. The molecule has 0 heterocycles. The molecular formula is C25H26N2O8S2. The Bertz CT molecular complexity index is 1110. The Kier molecular flexibility index (Phi) is 10.3. The molecule has 3 rings (SSSR count). The highest BCUT2D eigenvalue weighted by Crippen LogP contribution is 2.44. The number of fused-ring (bicyclic) bond motifs is 3. The zero-order valence-electron chi connectivity index (χ0n) is 19.6. The van der Waals surface area contributed by atoms with Gasteiger partial charge < -0.3 is 30.3 Å². The molecule has 0 saturated heterocycles. The van der Waals surface area contributed by atoms with Crippen molar-refractivity contribution in [3.63, 3.8) is 0 Å². The van der Waals surface area contributed by atoms with Crippen LogP contribution >= 0.6 is 21.6 Å². The highest BCUT2D eigenvalue weighted by molar-refractivity contribution is 8.76. The largest absolute Gasteiger partial charge is 0.480 e. The van der Waals surface area contributed by atoms with Gasteiger partial charge in [0, 0.05) is 17.4 Å². The molecule has 10 nitrogen and oxygen atoms in total. The first-order valence-electron chi connectivity index (χ1n) is 11.2. The number of ether oxygens (including phenoxy) is 2. The van der Waals surface area contributed by atoms with Gasteiger partial charge in [0.15, 0.2) is 0 Å². The first-order valence-corrected chi connectivity index (χ1v) is 13.7. The van der Waals surface area contributed by atoms with E-state index >= 15 is 0 Å². The molecule has 0 saturated carbocycles. The zero-order chi connectivity index (χ0) is 26.8. The van der Waals surface area contributed by atoms with Crippen molar-refractivity contribution in [3.05, 3.63) is 72.3 Å². The Morgan fingerprint density at radius 1 is 0.838 bits per heavy atom. The van der Waals surface area contributed by atoms with Gasteiger partial charge >= 0.3 is 24.1 Å². The van der Waals surface area contributed by atoms with Crippen LogP contribution in [0, 0.1) is 0 Å². The number of hydrogen-bond donors (Lipinski definition) is 4. The first kappa shape index (κ1) is 27.9. The Morgan fingerprint density at radius 2 is 1.30 bits per heavy atom. The maximum absolute atomic E-state index is 12.4. The highest BCUT2D eigenvalue weighted by Gasteiger charge is 2.30. The van der Waals surface area contributed by atoms with Crippen LogP contribution in [0.15, 0.2) is 61.2 Å². The molecule has 1 aliphatic rings. The van der Waals surface area contributed by atoms with Crippen molar-refractivity contribution < 1.29 is 38.9 Å². The van der Waals surface area contributed by atoms with Crippen LogP contribution < -0.4 is 10.6 Å². The molecule has 0 aliphatic heterocycles. The van der Waals surface area contributed by atoms with Gasteiger partial charge in [-0.05, 0) is 22.3 Å². The summed E-state index contributed by atoms with van der Waals surface area (Å²) in [5.41, 5.74) is 4.22. The Hall–Kier alpha value is -3.64. The number of aliphatic carboxylic acids is 2. The van der Waals surface area contributed by atoms with Crippen LogP contribution in [0.4, 0.5) is 9.59 Å². The second-order valence-corrected chi connectivity index (χ2v) is 10.4. The molecular weight excluding hydrogens is 520 g/mol. The van der Waals surface area contributed by atoms with Crippen LogP contribution in [0.1, 0.15) is 17.0 Å². The lowest BCUT2D eigenvalue weighted by atomic mass is 9.98. The Balaban J connectivity index is 1.48. The number of carboxylic acids is 2. The quantitative estimate of drug-likeness (QED) is 0.166. The maximum Gasteiger partial charge on any atom is 0.408 e. The van der Waals surface area contributed by atoms with Crippen molar-refractivity contribution in [2.24, 2.45) is 0 Å². The molecule has 0 radical (unpaired) electrons. The normalized spacial score (nSPS) is 13.4. The van der Waals surface area contributed by atoms with Gasteiger partial charge in [0.1, 0.15) is 25.3 Å². The minimum atomic E-state index is -1.27. The minimum Gasteiger partial charge on any atom is -0.480 e. The summed E-state index contributed by atoms with van der Waals surface area (Å²) in [7, 11) is 2.08. The zero-order valence-corrected chi connectivity index (χ0v) is 21.3. The number of carboxylic acid groups (broad SMARTS) is 2. The third-order valence-corrected chi connectivity index (χ3v) is 7.83. The third kappa shape index (κ3) is 7.67. The Labute approximate surface area is 221 Å². The number of rotatable bonds is 13. The average molecular weight is 547 g/mol. The SMILES string of the molecule is C=CCOC(=O)N[C@H](CSSC[C@H](NC(=O)OCC1c2ccccc2-c2ccccc21)C(=O)O)C(=O)O. The molecule has 2 amide bonds. The van der Waals surface area contributed by atoms with Gasteiger partial charge in [0.05, 0.1) is 0 Å². The van der Waals surface area contributed by atoms with Crippen molar-refractivity contribution in [1.29, 1.82) is 0 Å². The van der Waals surface area contributed by atoms with Crippen molar-refractivity contribution in [1.82, 2.24) is 10.6 Å². The summed E-state index contributed by atoms with van der Waals surface area (Å²) in [4.78, 5) is 47.0. The number of alkyl carbamates (subject to hydrolysis) is 2. The standard InChI is InChI=1S/C25H26N2O8S2/c1-2-11-34-24(32)26-20(22(28)29)13-36-37-14-21(23(30)31)27-25(33)35-12-19-17-9-5-3-7-15(17)16-8-4-6-10-18(16)19/h2-10,19-21H,1,11-14H2,(H,26,32)(H,27,33)(H,28,29)(H,30,31)/t20-,21+/m1/s1. The fourth-order valence-corrected chi connectivity index (χ4v) is 5.99. The molecule has 2 atom stereocenters. The number of carbonyl (C=O) groups excluding carboxylic acids is 2. The molecule has 4 N–H and O–H groups in total. The van der Waals surface area contributed by atoms with E-state index in [1.54, 1.807) is 0 Å². The lowest BCUT2D eigenvalue weighted by molar-refractivity contribution is -0.139. The van der Waals surface area contributed by atoms with Crippen LogP contribution in [0.25, 0.3) is 11.1 Å². The highest BCUT2D eigenvalue weighted by atomic mass is 33.1. The van der Waals surface area contributed by atoms with Crippen molar-refractivity contribution in [3.8, 4) is 11.1 Å². The topological polar surface area (TPSA) is 151 Å². The lowest BCUT2D eigenvalue weighted by Gasteiger charge is -2.17. The molecule has 1 aliphatic carbocycles. The van der Waals surface area contributed by atoms with E-state index in [2.05, 4.69) is 17.2 Å². The van der Waals surface area contributed by atoms with E-state index in [0.29, 0.717) is 0 Å². The molecule has 37 heavy (non-hydrogen) atoms. The fraction of sp³-hybridized carbons (Fsp3) is 0.280. The van der Waals surface area contributed by atoms with E-state index in [9.17, 15) is 29.4 Å². The van der Waals surface area contributed by atoms with E-state index < -0.39 is 36.2 Å². The Morgan fingerprint density at radius 3 is 1.76 bits per heavy atom. The summed E-state index contributed by atoms with van der Waals surface area (Å²) < 4.78 is 10.1. The summed E-state index contributed by atoms with van der Waals surface area (Å²) in [5, 5.41) is 23.3. The second-order valence-electron chi connectivity index (χ2n) is 7.85. The smallest absolute Gasteiger partial charge is 0.408 e. The molecule has 12 heteroatoms. The molecule has 196 valence electrons. The summed E-state index contributed by atoms with van der Waals surface area (Å²) >= 11 is 0. The van der Waals surface area contributed by atoms with Gasteiger partial charge in [-0.1, -0.05) is 82.8 Å². The third-order valence-electron chi connectivity index (χ3n) is 5.41. The van der Waals surface area contributed by atoms with E-state index in [1.807, 2.05) is 48.5 Å². The van der Waals surface area contributed by atoms with Gasteiger partial charge in [-0.2, -0.15) is 0 Å². The predicted octanol–water partition coefficient (Wildman–Crippen LogP) is 3.73. The maximum atomic E-state index is 12.4. The van der Waals surface area contributed by atoms with Crippen molar-refractivity contribution in [2.45, 2.75) is 18.0 Å². The van der Waals surface area contributed by atoms with Crippen LogP contribution in [0.5, 0.6) is 0 Å². The van der Waals surface area contributed by atoms with Gasteiger partial charge in [0.2, 0.25) is 0 Å². The summed E-state index contributed by atoms with van der Waals surface area (Å²) in [5.74, 6) is -2.81. The second kappa shape index (κ2) is 13.6. The average Bonchev–Trinajstić information content (AvgIpc) is 3.20. The molecule has 0 bridgehead atoms. The van der Waals surface area contributed by atoms with E-state index in [0.717, 1.165) is 43.8 Å². The molecule has 0 fully saturated rings. The van der Waals surface area contributed by atoms with E-state index in [1.165, 1.54) is 6.08 Å². The van der Waals surface area contributed by atoms with Crippen LogP contribution in [0.2, 0.25) is 0 Å². The number of hydrogen-bond acceptors (Lipinski definition) is 8. The number of carbonyl (C=O) groups is 4. The van der Waals surface area contributed by atoms with Gasteiger partial charge in [-0.25, -0.2) is 19.2 Å². The molecule has 0 spiro atoms. The molecule has 0 aromatic heterocycles. The summed E-state index contributed by atoms with van der Waals surface area (Å²) in [6.07, 6.45) is -0.427. The lowest BCUT2D eigenvalue weighted by Crippen LogP contribution is -2.43.